The van der Waals surface area contributed by atoms with E-state index in [1.165, 1.54) is 12.8 Å². The van der Waals surface area contributed by atoms with Gasteiger partial charge in [-0.15, -0.1) is 0 Å². The highest BCUT2D eigenvalue weighted by molar-refractivity contribution is 5.79. The molecular formula is C11H16N2O. The summed E-state index contributed by atoms with van der Waals surface area (Å²) in [7, 11) is 0. The molecule has 1 heterocycles. The van der Waals surface area contributed by atoms with Crippen LogP contribution >= 0.6 is 0 Å². The number of nitrogens with zero attached hydrogens (tertiary/aromatic N) is 2. The van der Waals surface area contributed by atoms with Gasteiger partial charge in [-0.25, -0.2) is 0 Å². The van der Waals surface area contributed by atoms with Crippen LogP contribution in [0.25, 0.3) is 0 Å². The average Bonchev–Trinajstić information content (AvgIpc) is 2.82. The van der Waals surface area contributed by atoms with Crippen molar-refractivity contribution >= 4 is 5.91 Å². The van der Waals surface area contributed by atoms with Gasteiger partial charge in [0.15, 0.2) is 0 Å². The number of hydrogen-bond donors (Lipinski definition) is 0. The van der Waals surface area contributed by atoms with Crippen molar-refractivity contribution in [1.29, 1.82) is 5.26 Å². The molecule has 2 aliphatic rings. The molecule has 1 saturated carbocycles. The first-order valence-electron chi connectivity index (χ1n) is 5.45. The number of amides is 1. The van der Waals surface area contributed by atoms with E-state index in [0.717, 1.165) is 12.3 Å². The number of carbonyl (C=O) groups excluding carboxylic acids is 1. The second-order valence-electron chi connectivity index (χ2n) is 4.43. The minimum absolute atomic E-state index is 0.0506. The molecule has 1 saturated heterocycles. The first kappa shape index (κ1) is 9.51. The molecule has 2 fully saturated rings. The summed E-state index contributed by atoms with van der Waals surface area (Å²) in [5.74, 6) is 0.868. The zero-order chi connectivity index (χ0) is 10.1. The highest BCUT2D eigenvalue weighted by Crippen LogP contribution is 2.41. The molecule has 0 radical (unpaired) electrons. The summed E-state index contributed by atoms with van der Waals surface area (Å²) in [5.41, 5.74) is 0. The lowest BCUT2D eigenvalue weighted by Gasteiger charge is -2.15. The molecule has 1 aliphatic carbocycles. The van der Waals surface area contributed by atoms with E-state index in [1.54, 1.807) is 0 Å². The van der Waals surface area contributed by atoms with E-state index in [1.807, 2.05) is 4.90 Å². The Labute approximate surface area is 84.7 Å². The van der Waals surface area contributed by atoms with E-state index in [-0.39, 0.29) is 11.8 Å². The van der Waals surface area contributed by atoms with Crippen molar-refractivity contribution < 1.29 is 4.79 Å². The van der Waals surface area contributed by atoms with E-state index in [0.29, 0.717) is 19.0 Å². The van der Waals surface area contributed by atoms with Gasteiger partial charge in [-0.3, -0.25) is 4.79 Å². The molecule has 2 rings (SSSR count). The van der Waals surface area contributed by atoms with Crippen molar-refractivity contribution in [1.82, 2.24) is 4.90 Å². The average molecular weight is 192 g/mol. The van der Waals surface area contributed by atoms with Gasteiger partial charge in [-0.2, -0.15) is 5.26 Å². The van der Waals surface area contributed by atoms with Gasteiger partial charge in [-0.1, -0.05) is 13.3 Å². The van der Waals surface area contributed by atoms with E-state index in [4.69, 9.17) is 5.26 Å². The lowest BCUT2D eigenvalue weighted by atomic mass is 10.1. The second kappa shape index (κ2) is 3.61. The summed E-state index contributed by atoms with van der Waals surface area (Å²) in [4.78, 5) is 13.5. The van der Waals surface area contributed by atoms with Gasteiger partial charge in [0.05, 0.1) is 12.0 Å². The third kappa shape index (κ3) is 1.61. The van der Waals surface area contributed by atoms with E-state index in [2.05, 4.69) is 13.0 Å². The molecule has 0 aromatic rings. The van der Waals surface area contributed by atoms with Gasteiger partial charge in [0.2, 0.25) is 5.91 Å². The molecule has 0 bridgehead atoms. The summed E-state index contributed by atoms with van der Waals surface area (Å²) in [5, 5.41) is 8.74. The maximum atomic E-state index is 11.5. The summed E-state index contributed by atoms with van der Waals surface area (Å²) in [6.07, 6.45) is 4.04. The van der Waals surface area contributed by atoms with Crippen LogP contribution in [0.15, 0.2) is 0 Å². The standard InChI is InChI=1S/C11H16N2O/c1-2-3-9-5-10(9)13-7-8(6-12)4-11(13)14/h8-10H,2-5,7H2,1H3. The quantitative estimate of drug-likeness (QED) is 0.681. The second-order valence-corrected chi connectivity index (χ2v) is 4.43. The third-order valence-corrected chi connectivity index (χ3v) is 3.29. The lowest BCUT2D eigenvalue weighted by molar-refractivity contribution is -0.128. The summed E-state index contributed by atoms with van der Waals surface area (Å²) in [6, 6.07) is 2.66. The van der Waals surface area contributed by atoms with Crippen LogP contribution in [0.3, 0.4) is 0 Å². The maximum absolute atomic E-state index is 11.5. The molecule has 1 aliphatic heterocycles. The predicted molar refractivity (Wildman–Crippen MR) is 52.2 cm³/mol. The number of likely N-dealkylation sites (tertiary alicyclic amines) is 1. The fourth-order valence-electron chi connectivity index (χ4n) is 2.43. The Kier molecular flexibility index (Phi) is 2.45. The molecule has 3 atom stereocenters. The van der Waals surface area contributed by atoms with Gasteiger partial charge in [0.1, 0.15) is 0 Å². The van der Waals surface area contributed by atoms with Crippen molar-refractivity contribution in [3.8, 4) is 6.07 Å². The Morgan fingerprint density at radius 2 is 2.43 bits per heavy atom. The van der Waals surface area contributed by atoms with Crippen LogP contribution in [0.2, 0.25) is 0 Å². The molecule has 0 aromatic heterocycles. The Balaban J connectivity index is 1.89. The van der Waals surface area contributed by atoms with E-state index in [9.17, 15) is 4.79 Å². The van der Waals surface area contributed by atoms with Crippen LogP contribution in [-0.4, -0.2) is 23.4 Å². The molecule has 3 unspecified atom stereocenters. The Morgan fingerprint density at radius 3 is 3.00 bits per heavy atom. The van der Waals surface area contributed by atoms with E-state index < -0.39 is 0 Å². The van der Waals surface area contributed by atoms with Gasteiger partial charge >= 0.3 is 0 Å². The monoisotopic (exact) mass is 192 g/mol. The van der Waals surface area contributed by atoms with Crippen LogP contribution in [-0.2, 0) is 4.79 Å². The fourth-order valence-corrected chi connectivity index (χ4v) is 2.43. The fraction of sp³-hybridized carbons (Fsp3) is 0.818. The molecular weight excluding hydrogens is 176 g/mol. The highest BCUT2D eigenvalue weighted by Gasteiger charge is 2.46. The Hall–Kier alpha value is -1.04. The van der Waals surface area contributed by atoms with Crippen molar-refractivity contribution in [3.05, 3.63) is 0 Å². The molecule has 1 amide bonds. The lowest BCUT2D eigenvalue weighted by Crippen LogP contribution is -2.28. The van der Waals surface area contributed by atoms with Gasteiger partial charge in [0, 0.05) is 19.0 Å². The van der Waals surface area contributed by atoms with E-state index >= 15 is 0 Å². The molecule has 0 aromatic carbocycles. The summed E-state index contributed by atoms with van der Waals surface area (Å²) >= 11 is 0. The molecule has 0 N–H and O–H groups in total. The Morgan fingerprint density at radius 1 is 1.64 bits per heavy atom. The highest BCUT2D eigenvalue weighted by atomic mass is 16.2. The van der Waals surface area contributed by atoms with Crippen LogP contribution in [0.4, 0.5) is 0 Å². The molecule has 14 heavy (non-hydrogen) atoms. The normalized spacial score (nSPS) is 35.9. The number of carbonyl (C=O) groups is 1. The minimum atomic E-state index is -0.0506. The van der Waals surface area contributed by atoms with Crippen molar-refractivity contribution in [3.63, 3.8) is 0 Å². The number of nitriles is 1. The first-order chi connectivity index (χ1) is 6.76. The van der Waals surface area contributed by atoms with Crippen LogP contribution < -0.4 is 0 Å². The molecule has 76 valence electrons. The van der Waals surface area contributed by atoms with Crippen LogP contribution in [0.5, 0.6) is 0 Å². The minimum Gasteiger partial charge on any atom is -0.338 e. The summed E-state index contributed by atoms with van der Waals surface area (Å²) < 4.78 is 0. The van der Waals surface area contributed by atoms with Crippen molar-refractivity contribution in [2.24, 2.45) is 11.8 Å². The van der Waals surface area contributed by atoms with Gasteiger partial charge in [-0.05, 0) is 18.8 Å². The maximum Gasteiger partial charge on any atom is 0.224 e. The number of hydrogen-bond acceptors (Lipinski definition) is 2. The molecule has 3 nitrogen and oxygen atoms in total. The molecule has 3 heteroatoms. The van der Waals surface area contributed by atoms with Crippen molar-refractivity contribution in [2.45, 2.75) is 38.6 Å². The van der Waals surface area contributed by atoms with Crippen LogP contribution in [0, 0.1) is 23.2 Å². The molecule has 0 spiro atoms. The third-order valence-electron chi connectivity index (χ3n) is 3.29. The topological polar surface area (TPSA) is 44.1 Å². The zero-order valence-electron chi connectivity index (χ0n) is 8.57. The summed E-state index contributed by atoms with van der Waals surface area (Å²) in [6.45, 7) is 2.86. The number of rotatable bonds is 3. The first-order valence-corrected chi connectivity index (χ1v) is 5.45. The SMILES string of the molecule is CCCC1CC1N1CC(C#N)CC1=O. The zero-order valence-corrected chi connectivity index (χ0v) is 8.57. The predicted octanol–water partition coefficient (Wildman–Crippen LogP) is 1.55. The van der Waals surface area contributed by atoms with Gasteiger partial charge < -0.3 is 4.90 Å². The van der Waals surface area contributed by atoms with Crippen molar-refractivity contribution in [2.75, 3.05) is 6.54 Å². The van der Waals surface area contributed by atoms with Gasteiger partial charge in [0.25, 0.3) is 0 Å². The van der Waals surface area contributed by atoms with Crippen LogP contribution in [0.1, 0.15) is 32.6 Å². The Bertz CT molecular complexity index is 282. The smallest absolute Gasteiger partial charge is 0.224 e. The largest absolute Gasteiger partial charge is 0.338 e.